The van der Waals surface area contributed by atoms with Crippen LogP contribution in [0.4, 0.5) is 0 Å². The molecule has 2 aromatic rings. The zero-order valence-electron chi connectivity index (χ0n) is 18.1. The van der Waals surface area contributed by atoms with Gasteiger partial charge in [-0.15, -0.1) is 0 Å². The van der Waals surface area contributed by atoms with Crippen LogP contribution in [0.5, 0.6) is 0 Å². The van der Waals surface area contributed by atoms with Crippen LogP contribution in [0.2, 0.25) is 0 Å². The molecule has 5 nitrogen and oxygen atoms in total. The Morgan fingerprint density at radius 3 is 2.37 bits per heavy atom. The Bertz CT molecular complexity index is 956. The Morgan fingerprint density at radius 2 is 1.73 bits per heavy atom. The van der Waals surface area contributed by atoms with Crippen molar-refractivity contribution in [1.82, 2.24) is 9.62 Å². The summed E-state index contributed by atoms with van der Waals surface area (Å²) >= 11 is 0. The average Bonchev–Trinajstić information content (AvgIpc) is 2.72. The second kappa shape index (κ2) is 9.31. The van der Waals surface area contributed by atoms with Gasteiger partial charge >= 0.3 is 0 Å². The van der Waals surface area contributed by atoms with Crippen molar-refractivity contribution < 1.29 is 13.2 Å². The average molecular weight is 429 g/mol. The maximum Gasteiger partial charge on any atom is 0.243 e. The number of piperidine rings is 1. The molecule has 1 aliphatic heterocycles. The van der Waals surface area contributed by atoms with Crippen molar-refractivity contribution in [1.29, 1.82) is 0 Å². The highest BCUT2D eigenvalue weighted by Gasteiger charge is 2.41. The van der Waals surface area contributed by atoms with Crippen LogP contribution < -0.4 is 5.32 Å². The van der Waals surface area contributed by atoms with Crippen LogP contribution in [0.15, 0.2) is 59.5 Å². The summed E-state index contributed by atoms with van der Waals surface area (Å²) in [6, 6.07) is 16.9. The van der Waals surface area contributed by atoms with Gasteiger partial charge in [0.05, 0.1) is 10.3 Å². The van der Waals surface area contributed by atoms with E-state index in [2.05, 4.69) is 19.2 Å². The van der Waals surface area contributed by atoms with Crippen molar-refractivity contribution in [3.05, 3.63) is 65.7 Å². The predicted molar refractivity (Wildman–Crippen MR) is 119 cm³/mol. The highest BCUT2D eigenvalue weighted by Crippen LogP contribution is 2.33. The lowest BCUT2D eigenvalue weighted by Crippen LogP contribution is -2.51. The van der Waals surface area contributed by atoms with E-state index in [-0.39, 0.29) is 12.5 Å². The molecule has 0 unspecified atom stereocenters. The SMILES string of the molecule is CC(C)Cc1ccc(S(=O)(=O)N2CCC[C@](C)(C(=O)NCc3ccccc3)C2)cc1. The van der Waals surface area contributed by atoms with Gasteiger partial charge in [0.1, 0.15) is 0 Å². The van der Waals surface area contributed by atoms with Crippen LogP contribution in [0, 0.1) is 11.3 Å². The van der Waals surface area contributed by atoms with E-state index in [9.17, 15) is 13.2 Å². The van der Waals surface area contributed by atoms with Gasteiger partial charge in [-0.2, -0.15) is 4.31 Å². The van der Waals surface area contributed by atoms with Crippen molar-refractivity contribution in [2.75, 3.05) is 13.1 Å². The molecule has 1 N–H and O–H groups in total. The normalized spacial score (nSPS) is 20.3. The molecular formula is C24H32N2O3S. The van der Waals surface area contributed by atoms with E-state index in [0.29, 0.717) is 36.7 Å². The maximum absolute atomic E-state index is 13.2. The molecule has 0 saturated carbocycles. The molecular weight excluding hydrogens is 396 g/mol. The Kier molecular flexibility index (Phi) is 6.98. The first kappa shape index (κ1) is 22.5. The number of carbonyl (C=O) groups is 1. The van der Waals surface area contributed by atoms with Crippen molar-refractivity contribution in [3.63, 3.8) is 0 Å². The molecule has 0 spiro atoms. The summed E-state index contributed by atoms with van der Waals surface area (Å²) in [5, 5.41) is 2.99. The van der Waals surface area contributed by atoms with Gasteiger partial charge in [-0.05, 0) is 55.4 Å². The number of sulfonamides is 1. The third-order valence-corrected chi connectivity index (χ3v) is 7.57. The van der Waals surface area contributed by atoms with Crippen LogP contribution in [0.1, 0.15) is 44.7 Å². The van der Waals surface area contributed by atoms with Crippen LogP contribution in [-0.2, 0) is 27.8 Å². The minimum Gasteiger partial charge on any atom is -0.352 e. The number of nitrogens with one attached hydrogen (secondary N) is 1. The van der Waals surface area contributed by atoms with Crippen LogP contribution in [0.3, 0.4) is 0 Å². The molecule has 0 aliphatic carbocycles. The van der Waals surface area contributed by atoms with E-state index < -0.39 is 15.4 Å². The Hall–Kier alpha value is -2.18. The van der Waals surface area contributed by atoms with Crippen LogP contribution in [0.25, 0.3) is 0 Å². The Morgan fingerprint density at radius 1 is 1.07 bits per heavy atom. The van der Waals surface area contributed by atoms with E-state index in [1.807, 2.05) is 49.4 Å². The summed E-state index contributed by atoms with van der Waals surface area (Å²) in [6.45, 7) is 7.23. The third-order valence-electron chi connectivity index (χ3n) is 5.71. The molecule has 1 fully saturated rings. The highest BCUT2D eigenvalue weighted by molar-refractivity contribution is 7.89. The number of nitrogens with zero attached hydrogens (tertiary/aromatic N) is 1. The Labute approximate surface area is 180 Å². The highest BCUT2D eigenvalue weighted by atomic mass is 32.2. The summed E-state index contributed by atoms with van der Waals surface area (Å²) in [6.07, 6.45) is 2.26. The summed E-state index contributed by atoms with van der Waals surface area (Å²) in [5.74, 6) is 0.420. The van der Waals surface area contributed by atoms with Crippen molar-refractivity contribution >= 4 is 15.9 Å². The van der Waals surface area contributed by atoms with Crippen molar-refractivity contribution in [2.45, 2.75) is 51.5 Å². The molecule has 1 aliphatic rings. The van der Waals surface area contributed by atoms with Gasteiger partial charge in [0.15, 0.2) is 0 Å². The van der Waals surface area contributed by atoms with Crippen molar-refractivity contribution in [3.8, 4) is 0 Å². The fraction of sp³-hybridized carbons (Fsp3) is 0.458. The van der Waals surface area contributed by atoms with Gasteiger partial charge in [0.2, 0.25) is 15.9 Å². The molecule has 6 heteroatoms. The monoisotopic (exact) mass is 428 g/mol. The van der Waals surface area contributed by atoms with E-state index in [1.165, 1.54) is 4.31 Å². The first-order valence-electron chi connectivity index (χ1n) is 10.6. The van der Waals surface area contributed by atoms with E-state index in [0.717, 1.165) is 17.5 Å². The van der Waals surface area contributed by atoms with Crippen LogP contribution >= 0.6 is 0 Å². The molecule has 0 aromatic heterocycles. The predicted octanol–water partition coefficient (Wildman–Crippen LogP) is 3.99. The lowest BCUT2D eigenvalue weighted by atomic mass is 9.82. The maximum atomic E-state index is 13.2. The van der Waals surface area contributed by atoms with Gasteiger partial charge in [-0.1, -0.05) is 56.3 Å². The van der Waals surface area contributed by atoms with E-state index >= 15 is 0 Å². The topological polar surface area (TPSA) is 66.5 Å². The number of hydrogen-bond acceptors (Lipinski definition) is 3. The minimum absolute atomic E-state index is 0.0986. The fourth-order valence-electron chi connectivity index (χ4n) is 3.99. The van der Waals surface area contributed by atoms with Gasteiger partial charge in [0, 0.05) is 19.6 Å². The first-order chi connectivity index (χ1) is 14.2. The smallest absolute Gasteiger partial charge is 0.243 e. The zero-order chi connectivity index (χ0) is 21.8. The minimum atomic E-state index is -3.63. The fourth-order valence-corrected chi connectivity index (χ4v) is 5.60. The largest absolute Gasteiger partial charge is 0.352 e. The summed E-state index contributed by atoms with van der Waals surface area (Å²) in [7, 11) is -3.63. The number of benzene rings is 2. The number of amides is 1. The van der Waals surface area contributed by atoms with Crippen molar-refractivity contribution in [2.24, 2.45) is 11.3 Å². The van der Waals surface area contributed by atoms with Gasteiger partial charge in [0.25, 0.3) is 0 Å². The molecule has 3 rings (SSSR count). The lowest BCUT2D eigenvalue weighted by Gasteiger charge is -2.38. The zero-order valence-corrected chi connectivity index (χ0v) is 18.9. The number of carbonyl (C=O) groups excluding carboxylic acids is 1. The molecule has 162 valence electrons. The first-order valence-corrected chi connectivity index (χ1v) is 12.1. The molecule has 1 saturated heterocycles. The summed E-state index contributed by atoms with van der Waals surface area (Å²) in [4.78, 5) is 13.2. The van der Waals surface area contributed by atoms with Gasteiger partial charge < -0.3 is 5.32 Å². The van der Waals surface area contributed by atoms with Gasteiger partial charge in [-0.25, -0.2) is 8.42 Å². The van der Waals surface area contributed by atoms with Crippen LogP contribution in [-0.4, -0.2) is 31.7 Å². The molecule has 1 heterocycles. The molecule has 0 radical (unpaired) electrons. The standard InChI is InChI=1S/C24H32N2O3S/c1-19(2)16-20-10-12-22(13-11-20)30(28,29)26-15-7-14-24(3,18-26)23(27)25-17-21-8-5-4-6-9-21/h4-6,8-13,19H,7,14-18H2,1-3H3,(H,25,27)/t24-/m0/s1. The quantitative estimate of drug-likeness (QED) is 0.725. The molecule has 1 amide bonds. The lowest BCUT2D eigenvalue weighted by molar-refractivity contribution is -0.132. The van der Waals surface area contributed by atoms with Gasteiger partial charge in [-0.3, -0.25) is 4.79 Å². The second-order valence-electron chi connectivity index (χ2n) is 8.91. The molecule has 30 heavy (non-hydrogen) atoms. The summed E-state index contributed by atoms with van der Waals surface area (Å²) in [5.41, 5.74) is 1.42. The molecule has 1 atom stereocenters. The third kappa shape index (κ3) is 5.29. The number of hydrogen-bond donors (Lipinski definition) is 1. The molecule has 0 bridgehead atoms. The van der Waals surface area contributed by atoms with E-state index in [1.54, 1.807) is 12.1 Å². The molecule has 2 aromatic carbocycles. The second-order valence-corrected chi connectivity index (χ2v) is 10.9. The Balaban J connectivity index is 1.69. The number of rotatable bonds is 7. The van der Waals surface area contributed by atoms with E-state index in [4.69, 9.17) is 0 Å². The summed E-state index contributed by atoms with van der Waals surface area (Å²) < 4.78 is 27.9.